The predicted octanol–water partition coefficient (Wildman–Crippen LogP) is 2.59. The third-order valence-corrected chi connectivity index (χ3v) is 5.15. The molecule has 2 heterocycles. The monoisotopic (exact) mass is 368 g/mol. The molecule has 1 saturated carbocycles. The summed E-state index contributed by atoms with van der Waals surface area (Å²) in [6.45, 7) is 3.73. The van der Waals surface area contributed by atoms with E-state index in [4.69, 9.17) is 4.52 Å². The number of amides is 2. The van der Waals surface area contributed by atoms with Gasteiger partial charge in [0.25, 0.3) is 11.8 Å². The van der Waals surface area contributed by atoms with E-state index in [9.17, 15) is 9.59 Å². The molecule has 0 bridgehead atoms. The van der Waals surface area contributed by atoms with Crippen molar-refractivity contribution >= 4 is 17.5 Å². The number of aromatic nitrogens is 1. The van der Waals surface area contributed by atoms with Crippen LogP contribution in [0.5, 0.6) is 0 Å². The average molecular weight is 368 g/mol. The number of rotatable bonds is 5. The molecule has 3 N–H and O–H groups in total. The predicted molar refractivity (Wildman–Crippen MR) is 101 cm³/mol. The summed E-state index contributed by atoms with van der Waals surface area (Å²) >= 11 is 0. The third kappa shape index (κ3) is 4.19. The smallest absolute Gasteiger partial charge is 0.277 e. The summed E-state index contributed by atoms with van der Waals surface area (Å²) < 4.78 is 5.23. The number of anilines is 1. The van der Waals surface area contributed by atoms with Gasteiger partial charge >= 0.3 is 0 Å². The van der Waals surface area contributed by atoms with Gasteiger partial charge in [0.1, 0.15) is 5.76 Å². The van der Waals surface area contributed by atoms with Gasteiger partial charge in [0.05, 0.1) is 0 Å². The summed E-state index contributed by atoms with van der Waals surface area (Å²) in [6.07, 6.45) is 4.07. The van der Waals surface area contributed by atoms with Crippen LogP contribution in [0.4, 0.5) is 5.69 Å². The highest BCUT2D eigenvalue weighted by Gasteiger charge is 2.29. The van der Waals surface area contributed by atoms with Crippen molar-refractivity contribution in [2.24, 2.45) is 0 Å². The topological polar surface area (TPSA) is 96.3 Å². The molecule has 2 amide bonds. The molecule has 7 nitrogen and oxygen atoms in total. The van der Waals surface area contributed by atoms with Gasteiger partial charge in [-0.3, -0.25) is 9.59 Å². The molecule has 2 aliphatic rings. The van der Waals surface area contributed by atoms with Crippen molar-refractivity contribution in [1.29, 1.82) is 0 Å². The maximum atomic E-state index is 12.5. The number of aryl methyl sites for hydroxylation is 1. The van der Waals surface area contributed by atoms with Crippen molar-refractivity contribution in [2.75, 3.05) is 18.4 Å². The highest BCUT2D eigenvalue weighted by atomic mass is 16.5. The van der Waals surface area contributed by atoms with Crippen LogP contribution in [0.15, 0.2) is 28.8 Å². The van der Waals surface area contributed by atoms with Gasteiger partial charge in [-0.2, -0.15) is 0 Å². The number of hydrogen-bond donors (Lipinski definition) is 3. The number of nitrogens with one attached hydrogen (secondary N) is 3. The molecule has 7 heteroatoms. The van der Waals surface area contributed by atoms with Gasteiger partial charge in [-0.05, 0) is 69.5 Å². The minimum absolute atomic E-state index is 0.0755. The molecule has 1 aromatic heterocycles. The molecule has 27 heavy (non-hydrogen) atoms. The first-order valence-electron chi connectivity index (χ1n) is 9.50. The first kappa shape index (κ1) is 17.7. The normalized spacial score (nSPS) is 17.5. The zero-order valence-corrected chi connectivity index (χ0v) is 15.4. The van der Waals surface area contributed by atoms with E-state index in [0.717, 1.165) is 50.1 Å². The van der Waals surface area contributed by atoms with Gasteiger partial charge in [0, 0.05) is 29.3 Å². The minimum Gasteiger partial charge on any atom is -0.360 e. The van der Waals surface area contributed by atoms with Crippen molar-refractivity contribution in [3.05, 3.63) is 46.8 Å². The van der Waals surface area contributed by atoms with E-state index in [2.05, 4.69) is 21.1 Å². The molecule has 0 atom stereocenters. The minimum atomic E-state index is -0.305. The van der Waals surface area contributed by atoms with Gasteiger partial charge in [0.2, 0.25) is 0 Å². The summed E-state index contributed by atoms with van der Waals surface area (Å²) in [5, 5.41) is 13.1. The van der Waals surface area contributed by atoms with Gasteiger partial charge < -0.3 is 20.5 Å². The van der Waals surface area contributed by atoms with Crippen LogP contribution in [-0.2, 0) is 0 Å². The summed E-state index contributed by atoms with van der Waals surface area (Å²) in [6, 6.07) is 7.21. The van der Waals surface area contributed by atoms with Crippen LogP contribution in [0.2, 0.25) is 0 Å². The third-order valence-electron chi connectivity index (χ3n) is 5.15. The van der Waals surface area contributed by atoms with E-state index in [-0.39, 0.29) is 23.6 Å². The largest absolute Gasteiger partial charge is 0.360 e. The molecular formula is C20H24N4O3. The maximum absolute atomic E-state index is 12.5. The van der Waals surface area contributed by atoms with Crippen molar-refractivity contribution in [3.63, 3.8) is 0 Å². The maximum Gasteiger partial charge on any atom is 0.277 e. The second kappa shape index (κ2) is 7.52. The molecule has 1 aromatic carbocycles. The average Bonchev–Trinajstić information content (AvgIpc) is 3.40. The Balaban J connectivity index is 1.39. The number of piperidine rings is 1. The molecule has 0 spiro atoms. The molecule has 1 aliphatic carbocycles. The lowest BCUT2D eigenvalue weighted by Gasteiger charge is -2.23. The Hall–Kier alpha value is -2.67. The van der Waals surface area contributed by atoms with E-state index in [1.807, 2.05) is 6.92 Å². The molecule has 142 valence electrons. The summed E-state index contributed by atoms with van der Waals surface area (Å²) in [5.41, 5.74) is 2.37. The van der Waals surface area contributed by atoms with Crippen LogP contribution in [0.1, 0.15) is 63.8 Å². The fourth-order valence-corrected chi connectivity index (χ4v) is 3.32. The zero-order chi connectivity index (χ0) is 18.8. The molecule has 4 rings (SSSR count). The molecule has 0 unspecified atom stereocenters. The summed E-state index contributed by atoms with van der Waals surface area (Å²) in [4.78, 5) is 24.8. The Labute approximate surface area is 157 Å². The lowest BCUT2D eigenvalue weighted by Crippen LogP contribution is -2.42. The van der Waals surface area contributed by atoms with Crippen molar-refractivity contribution in [3.8, 4) is 0 Å². The fraction of sp³-hybridized carbons (Fsp3) is 0.450. The molecule has 1 aliphatic heterocycles. The number of carbonyl (C=O) groups is 2. The van der Waals surface area contributed by atoms with Crippen LogP contribution < -0.4 is 16.0 Å². The van der Waals surface area contributed by atoms with Gasteiger partial charge in [-0.25, -0.2) is 0 Å². The van der Waals surface area contributed by atoms with Crippen molar-refractivity contribution in [2.45, 2.75) is 44.6 Å². The number of benzene rings is 1. The molecular weight excluding hydrogens is 344 g/mol. The summed E-state index contributed by atoms with van der Waals surface area (Å²) in [5.74, 6) is 0.814. The number of nitrogens with zero attached hydrogens (tertiary/aromatic N) is 1. The lowest BCUT2D eigenvalue weighted by atomic mass is 10.0. The van der Waals surface area contributed by atoms with Crippen LogP contribution in [0.25, 0.3) is 0 Å². The van der Waals surface area contributed by atoms with E-state index in [1.165, 1.54) is 0 Å². The molecule has 1 saturated heterocycles. The number of hydrogen-bond acceptors (Lipinski definition) is 5. The SMILES string of the molecule is Cc1cc(C(=O)NC2CCNCC2)ccc1NC(=O)c1cc(C2CC2)on1. The van der Waals surface area contributed by atoms with E-state index < -0.39 is 0 Å². The Kier molecular flexibility index (Phi) is 4.94. The van der Waals surface area contributed by atoms with Gasteiger partial charge in [-0.15, -0.1) is 0 Å². The second-order valence-electron chi connectivity index (χ2n) is 7.37. The van der Waals surface area contributed by atoms with Gasteiger partial charge in [-0.1, -0.05) is 5.16 Å². The molecule has 2 aromatic rings. The van der Waals surface area contributed by atoms with Crippen molar-refractivity contribution in [1.82, 2.24) is 15.8 Å². The van der Waals surface area contributed by atoms with E-state index in [0.29, 0.717) is 17.2 Å². The Morgan fingerprint density at radius 3 is 2.59 bits per heavy atom. The molecule has 2 fully saturated rings. The van der Waals surface area contributed by atoms with Crippen molar-refractivity contribution < 1.29 is 14.1 Å². The first-order valence-corrected chi connectivity index (χ1v) is 9.50. The van der Waals surface area contributed by atoms with Crippen LogP contribution in [0, 0.1) is 6.92 Å². The second-order valence-corrected chi connectivity index (χ2v) is 7.37. The fourth-order valence-electron chi connectivity index (χ4n) is 3.32. The van der Waals surface area contributed by atoms with Crippen LogP contribution >= 0.6 is 0 Å². The number of carbonyl (C=O) groups excluding carboxylic acids is 2. The summed E-state index contributed by atoms with van der Waals surface area (Å²) in [7, 11) is 0. The van der Waals surface area contributed by atoms with E-state index in [1.54, 1.807) is 24.3 Å². The highest BCUT2D eigenvalue weighted by Crippen LogP contribution is 2.40. The van der Waals surface area contributed by atoms with Gasteiger partial charge in [0.15, 0.2) is 5.69 Å². The lowest BCUT2D eigenvalue weighted by molar-refractivity contribution is 0.0929. The standard InChI is InChI=1S/C20H24N4O3/c1-12-10-14(19(25)22-15-6-8-21-9-7-15)4-5-16(12)23-20(26)17-11-18(27-24-17)13-2-3-13/h4-5,10-11,13,15,21H,2-3,6-9H2,1H3,(H,22,25)(H,23,26). The van der Waals surface area contributed by atoms with Crippen LogP contribution in [-0.4, -0.2) is 36.1 Å². The van der Waals surface area contributed by atoms with E-state index >= 15 is 0 Å². The first-order chi connectivity index (χ1) is 13.1. The van der Waals surface area contributed by atoms with Crippen LogP contribution in [0.3, 0.4) is 0 Å². The highest BCUT2D eigenvalue weighted by molar-refractivity contribution is 6.03. The molecule has 0 radical (unpaired) electrons. The Bertz CT molecular complexity index is 851. The Morgan fingerprint density at radius 1 is 1.11 bits per heavy atom. The quantitative estimate of drug-likeness (QED) is 0.754. The Morgan fingerprint density at radius 2 is 1.89 bits per heavy atom. The zero-order valence-electron chi connectivity index (χ0n) is 15.4.